The summed E-state index contributed by atoms with van der Waals surface area (Å²) in [5, 5.41) is 9.28. The Labute approximate surface area is 161 Å². The van der Waals surface area contributed by atoms with E-state index in [0.717, 1.165) is 16.9 Å². The van der Waals surface area contributed by atoms with Crippen molar-refractivity contribution < 1.29 is 28.8 Å². The van der Waals surface area contributed by atoms with Crippen LogP contribution in [-0.4, -0.2) is 77.4 Å². The highest BCUT2D eigenvalue weighted by molar-refractivity contribution is 7.99. The maximum absolute atomic E-state index is 9.28. The summed E-state index contributed by atoms with van der Waals surface area (Å²) in [5.41, 5.74) is 2.13. The van der Waals surface area contributed by atoms with Gasteiger partial charge in [-0.15, -0.1) is 11.8 Å². The van der Waals surface area contributed by atoms with E-state index in [1.54, 1.807) is 18.9 Å². The quantitative estimate of drug-likeness (QED) is 0.324. The van der Waals surface area contributed by atoms with Crippen molar-refractivity contribution in [3.05, 3.63) is 29.3 Å². The van der Waals surface area contributed by atoms with Gasteiger partial charge in [-0.1, -0.05) is 12.1 Å². The Bertz CT molecular complexity index is 458. The molecule has 0 aliphatic rings. The highest BCUT2D eigenvalue weighted by Crippen LogP contribution is 2.24. The van der Waals surface area contributed by atoms with Crippen LogP contribution in [0.1, 0.15) is 11.1 Å². The summed E-state index contributed by atoms with van der Waals surface area (Å²) in [4.78, 5) is 1.19. The van der Waals surface area contributed by atoms with Crippen LogP contribution in [0.2, 0.25) is 0 Å². The molecule has 0 atom stereocenters. The third-order valence-electron chi connectivity index (χ3n) is 3.60. The lowest BCUT2D eigenvalue weighted by molar-refractivity contribution is -0.00660. The van der Waals surface area contributed by atoms with Crippen LogP contribution < -0.4 is 0 Å². The van der Waals surface area contributed by atoms with Gasteiger partial charge in [0.1, 0.15) is 0 Å². The van der Waals surface area contributed by atoms with Crippen LogP contribution in [0.5, 0.6) is 0 Å². The minimum absolute atomic E-state index is 0.0820. The van der Waals surface area contributed by atoms with Crippen molar-refractivity contribution >= 4 is 11.8 Å². The molecule has 0 amide bonds. The van der Waals surface area contributed by atoms with Crippen molar-refractivity contribution in [2.24, 2.45) is 0 Å². The molecule has 0 fully saturated rings. The third-order valence-corrected chi connectivity index (χ3v) is 4.72. The summed E-state index contributed by atoms with van der Waals surface area (Å²) in [5.74, 6) is 0.877. The minimum Gasteiger partial charge on any atom is -0.392 e. The zero-order valence-electron chi connectivity index (χ0n) is 15.9. The van der Waals surface area contributed by atoms with Crippen molar-refractivity contribution in [1.82, 2.24) is 0 Å². The molecule has 7 heteroatoms. The first-order valence-corrected chi connectivity index (χ1v) is 9.90. The lowest BCUT2D eigenvalue weighted by atomic mass is 10.1. The largest absolute Gasteiger partial charge is 0.392 e. The second-order valence-electron chi connectivity index (χ2n) is 5.49. The van der Waals surface area contributed by atoms with E-state index in [1.165, 1.54) is 4.90 Å². The van der Waals surface area contributed by atoms with Crippen LogP contribution in [0.15, 0.2) is 23.1 Å². The van der Waals surface area contributed by atoms with Crippen molar-refractivity contribution in [2.45, 2.75) is 18.4 Å². The van der Waals surface area contributed by atoms with Crippen LogP contribution in [0, 0.1) is 6.92 Å². The maximum atomic E-state index is 9.28. The Morgan fingerprint density at radius 2 is 1.35 bits per heavy atom. The smallest absolute Gasteiger partial charge is 0.0701 e. The van der Waals surface area contributed by atoms with Crippen molar-refractivity contribution in [3.8, 4) is 0 Å². The Morgan fingerprint density at radius 1 is 0.808 bits per heavy atom. The highest BCUT2D eigenvalue weighted by Gasteiger charge is 2.03. The normalized spacial score (nSPS) is 11.2. The van der Waals surface area contributed by atoms with E-state index in [1.807, 2.05) is 19.1 Å². The summed E-state index contributed by atoms with van der Waals surface area (Å²) >= 11 is 1.74. The van der Waals surface area contributed by atoms with Crippen molar-refractivity contribution in [1.29, 1.82) is 0 Å². The fourth-order valence-electron chi connectivity index (χ4n) is 2.10. The third kappa shape index (κ3) is 11.1. The molecule has 6 nitrogen and oxygen atoms in total. The Kier molecular flexibility index (Phi) is 14.8. The molecular weight excluding hydrogens is 356 g/mol. The molecule has 150 valence electrons. The molecule has 0 aliphatic carbocycles. The molecule has 0 saturated carbocycles. The molecule has 1 aromatic rings. The predicted molar refractivity (Wildman–Crippen MR) is 103 cm³/mol. The van der Waals surface area contributed by atoms with Gasteiger partial charge in [-0.05, 0) is 24.1 Å². The molecule has 1 rings (SSSR count). The van der Waals surface area contributed by atoms with Gasteiger partial charge in [0.05, 0.1) is 66.1 Å². The van der Waals surface area contributed by atoms with Crippen LogP contribution >= 0.6 is 11.8 Å². The van der Waals surface area contributed by atoms with Crippen LogP contribution in [-0.2, 0) is 30.3 Å². The zero-order valence-corrected chi connectivity index (χ0v) is 16.7. The van der Waals surface area contributed by atoms with Crippen molar-refractivity contribution in [2.75, 3.05) is 72.3 Å². The van der Waals surface area contributed by atoms with Gasteiger partial charge < -0.3 is 28.8 Å². The molecule has 0 spiro atoms. The number of aliphatic hydroxyl groups excluding tert-OH is 1. The average Bonchev–Trinajstić information content (AvgIpc) is 2.66. The number of rotatable bonds is 17. The second-order valence-corrected chi connectivity index (χ2v) is 6.63. The number of ether oxygens (including phenoxy) is 5. The minimum atomic E-state index is 0.0820. The fraction of sp³-hybridized carbons (Fsp3) is 0.684. The number of thioether (sulfide) groups is 1. The molecule has 26 heavy (non-hydrogen) atoms. The molecule has 0 radical (unpaired) electrons. The lowest BCUT2D eigenvalue weighted by Gasteiger charge is -2.10. The molecule has 0 unspecified atom stereocenters. The fourth-order valence-corrected chi connectivity index (χ4v) is 3.05. The molecule has 0 aliphatic heterocycles. The maximum Gasteiger partial charge on any atom is 0.0701 e. The monoisotopic (exact) mass is 388 g/mol. The number of aliphatic hydroxyl groups is 1. The number of hydrogen-bond donors (Lipinski definition) is 1. The van der Waals surface area contributed by atoms with Gasteiger partial charge in [-0.25, -0.2) is 0 Å². The van der Waals surface area contributed by atoms with E-state index in [4.69, 9.17) is 23.7 Å². The summed E-state index contributed by atoms with van der Waals surface area (Å²) in [7, 11) is 1.65. The number of benzene rings is 1. The molecule has 0 saturated heterocycles. The summed E-state index contributed by atoms with van der Waals surface area (Å²) in [6.45, 7) is 7.40. The van der Waals surface area contributed by atoms with Gasteiger partial charge in [0, 0.05) is 17.8 Å². The van der Waals surface area contributed by atoms with Gasteiger partial charge in [0.15, 0.2) is 0 Å². The summed E-state index contributed by atoms with van der Waals surface area (Å²) in [6, 6.07) is 6.00. The van der Waals surface area contributed by atoms with E-state index in [9.17, 15) is 5.11 Å². The standard InChI is InChI=1S/C19H32O6S/c1-17-18(16-20)4-3-5-19(17)26-15-14-25-13-12-24-11-10-23-9-8-22-7-6-21-2/h3-5,20H,6-16H2,1-2H3. The van der Waals surface area contributed by atoms with Crippen molar-refractivity contribution in [3.63, 3.8) is 0 Å². The highest BCUT2D eigenvalue weighted by atomic mass is 32.2. The Morgan fingerprint density at radius 3 is 1.88 bits per heavy atom. The van der Waals surface area contributed by atoms with Crippen LogP contribution in [0.25, 0.3) is 0 Å². The van der Waals surface area contributed by atoms with Gasteiger partial charge in [0.2, 0.25) is 0 Å². The molecule has 0 aromatic heterocycles. The molecule has 0 heterocycles. The van der Waals surface area contributed by atoms with E-state index >= 15 is 0 Å². The van der Waals surface area contributed by atoms with Gasteiger partial charge >= 0.3 is 0 Å². The summed E-state index contributed by atoms with van der Waals surface area (Å²) in [6.07, 6.45) is 0. The molecule has 1 aromatic carbocycles. The molecule has 0 bridgehead atoms. The molecular formula is C19H32O6S. The van der Waals surface area contributed by atoms with Gasteiger partial charge in [0.25, 0.3) is 0 Å². The lowest BCUT2D eigenvalue weighted by Crippen LogP contribution is -2.13. The van der Waals surface area contributed by atoms with Gasteiger partial charge in [-0.2, -0.15) is 0 Å². The van der Waals surface area contributed by atoms with E-state index in [0.29, 0.717) is 59.5 Å². The number of hydrogen-bond acceptors (Lipinski definition) is 7. The van der Waals surface area contributed by atoms with Crippen LogP contribution in [0.3, 0.4) is 0 Å². The first-order valence-electron chi connectivity index (χ1n) is 8.91. The molecule has 1 N–H and O–H groups in total. The summed E-state index contributed by atoms with van der Waals surface area (Å²) < 4.78 is 26.6. The predicted octanol–water partition coefficient (Wildman–Crippen LogP) is 2.29. The average molecular weight is 389 g/mol. The topological polar surface area (TPSA) is 66.4 Å². The second kappa shape index (κ2) is 16.5. The van der Waals surface area contributed by atoms with E-state index in [-0.39, 0.29) is 6.61 Å². The van der Waals surface area contributed by atoms with E-state index in [2.05, 4.69) is 6.07 Å². The number of methoxy groups -OCH3 is 1. The van der Waals surface area contributed by atoms with Crippen LogP contribution in [0.4, 0.5) is 0 Å². The SMILES string of the molecule is COCCOCCOCCOCCOCCSc1cccc(CO)c1C. The Hall–Kier alpha value is -0.670. The zero-order chi connectivity index (χ0) is 18.9. The first kappa shape index (κ1) is 23.4. The Balaban J connectivity index is 1.87. The first-order chi connectivity index (χ1) is 12.8. The van der Waals surface area contributed by atoms with Gasteiger partial charge in [-0.3, -0.25) is 0 Å². The van der Waals surface area contributed by atoms with E-state index < -0.39 is 0 Å².